The average molecular weight is 691 g/mol. The molecule has 1 aromatic heterocycles. The molecule has 1 spiro atoms. The highest BCUT2D eigenvalue weighted by Crippen LogP contribution is 2.51. The zero-order chi connectivity index (χ0) is 33.7. The summed E-state index contributed by atoms with van der Waals surface area (Å²) < 4.78 is 42.4. The Hall–Kier alpha value is -3.47. The van der Waals surface area contributed by atoms with Crippen LogP contribution in [0.3, 0.4) is 0 Å². The normalized spacial score (nSPS) is 32.1. The summed E-state index contributed by atoms with van der Waals surface area (Å²) in [6, 6.07) is 15.3. The second-order valence-corrected chi connectivity index (χ2v) is 16.6. The van der Waals surface area contributed by atoms with Crippen LogP contribution in [0, 0.1) is 17.8 Å². The number of aromatic nitrogens is 2. The summed E-state index contributed by atoms with van der Waals surface area (Å²) in [6.45, 7) is 5.39. The second kappa shape index (κ2) is 12.8. The summed E-state index contributed by atoms with van der Waals surface area (Å²) in [5.41, 5.74) is 3.16. The fraction of sp³-hybridized carbons (Fsp3) is 0.486. The van der Waals surface area contributed by atoms with E-state index in [1.165, 1.54) is 11.1 Å². The van der Waals surface area contributed by atoms with Crippen molar-refractivity contribution in [2.24, 2.45) is 17.8 Å². The minimum absolute atomic E-state index is 0.0901. The number of benzene rings is 2. The number of carbonyl (C=O) groups excluding carboxylic acids is 1. The minimum atomic E-state index is -3.97. The van der Waals surface area contributed by atoms with Crippen LogP contribution in [0.5, 0.6) is 5.75 Å². The van der Waals surface area contributed by atoms with Crippen LogP contribution in [0.1, 0.15) is 73.1 Å². The van der Waals surface area contributed by atoms with Crippen molar-refractivity contribution in [3.05, 3.63) is 94.3 Å². The molecule has 48 heavy (non-hydrogen) atoms. The van der Waals surface area contributed by atoms with Crippen molar-refractivity contribution in [3.8, 4) is 5.75 Å². The summed E-state index contributed by atoms with van der Waals surface area (Å²) in [5, 5.41) is 8.67. The fourth-order valence-corrected chi connectivity index (χ4v) is 9.84. The lowest BCUT2D eigenvalue weighted by Crippen LogP contribution is -2.52. The standard InChI is InChI=1S/C37H43ClN4O5S/c1-24-7-4-17-37(46-3,34-9-6-18-39-40-34)31-13-10-28(31)21-42-22-36(16-5-8-26-19-29(38)12-14-30(26)36)23-47-33-15-11-27(20-32(33)42)35(43)41-48(44,45)25(24)2/h4,6,9,11-12,14-15,17-20,24-25,28,31H,5,7-8,10,13,16,21-23H2,1-3H3,(H,41,43)/b17-4+/t24-,25+,28-,31+,36-,37-/m0/s1. The average Bonchev–Trinajstić information content (AvgIpc) is 3.22. The number of nitrogens with zero attached hydrogens (tertiary/aromatic N) is 3. The SMILES string of the molecule is CO[C@@]1(c2cccnn2)/C=C/C[C@H](C)[C@@H](C)S(=O)(=O)NC(=O)c2ccc3c(c2)N(C[C@@H]2CC[C@H]21)C[C@@]1(CCCc2cc(Cl)ccc21)CO3. The van der Waals surface area contributed by atoms with Gasteiger partial charge in [-0.05, 0) is 111 Å². The first kappa shape index (κ1) is 33.0. The van der Waals surface area contributed by atoms with Crippen molar-refractivity contribution in [3.63, 3.8) is 0 Å². The molecule has 1 N–H and O–H groups in total. The number of sulfonamides is 1. The number of hydrogen-bond acceptors (Lipinski definition) is 8. The largest absolute Gasteiger partial charge is 0.490 e. The van der Waals surface area contributed by atoms with E-state index in [-0.39, 0.29) is 28.7 Å². The molecule has 4 aliphatic rings. The topological polar surface area (TPSA) is 111 Å². The Morgan fingerprint density at radius 2 is 1.98 bits per heavy atom. The molecule has 7 rings (SSSR count). The third kappa shape index (κ3) is 5.79. The number of amides is 1. The lowest BCUT2D eigenvalue weighted by molar-refractivity contribution is -0.0836. The Morgan fingerprint density at radius 1 is 1.12 bits per heavy atom. The number of rotatable bonds is 2. The van der Waals surface area contributed by atoms with E-state index in [0.29, 0.717) is 31.9 Å². The Labute approximate surface area is 288 Å². The number of fused-ring (bicyclic) bond motifs is 4. The van der Waals surface area contributed by atoms with Gasteiger partial charge in [0, 0.05) is 48.3 Å². The van der Waals surface area contributed by atoms with Crippen LogP contribution in [-0.4, -0.2) is 56.6 Å². The van der Waals surface area contributed by atoms with E-state index < -0.39 is 26.8 Å². The van der Waals surface area contributed by atoms with Crippen molar-refractivity contribution < 1.29 is 22.7 Å². The maximum Gasteiger partial charge on any atom is 0.264 e. The molecule has 2 bridgehead atoms. The van der Waals surface area contributed by atoms with E-state index in [1.54, 1.807) is 32.4 Å². The molecular formula is C37H43ClN4O5S. The monoisotopic (exact) mass is 690 g/mol. The quantitative estimate of drug-likeness (QED) is 0.316. The van der Waals surface area contributed by atoms with Gasteiger partial charge >= 0.3 is 0 Å². The molecule has 1 amide bonds. The van der Waals surface area contributed by atoms with Gasteiger partial charge in [0.25, 0.3) is 5.91 Å². The summed E-state index contributed by atoms with van der Waals surface area (Å²) in [4.78, 5) is 15.9. The number of aryl methyl sites for hydroxylation is 1. The predicted octanol–water partition coefficient (Wildman–Crippen LogP) is 6.22. The number of halogens is 1. The molecular weight excluding hydrogens is 648 g/mol. The molecule has 2 aromatic carbocycles. The van der Waals surface area contributed by atoms with E-state index in [1.807, 2.05) is 37.3 Å². The molecule has 11 heteroatoms. The fourth-order valence-electron chi connectivity index (χ4n) is 8.36. The number of anilines is 1. The van der Waals surface area contributed by atoms with Crippen molar-refractivity contribution in [1.29, 1.82) is 0 Å². The van der Waals surface area contributed by atoms with Crippen molar-refractivity contribution >= 4 is 33.2 Å². The Bertz CT molecular complexity index is 1840. The summed E-state index contributed by atoms with van der Waals surface area (Å²) in [5.74, 6) is 0.0903. The summed E-state index contributed by atoms with van der Waals surface area (Å²) in [6.07, 6.45) is 11.1. The minimum Gasteiger partial charge on any atom is -0.490 e. The number of hydrogen-bond donors (Lipinski definition) is 1. The molecule has 3 heterocycles. The zero-order valence-corrected chi connectivity index (χ0v) is 29.3. The predicted molar refractivity (Wildman–Crippen MR) is 186 cm³/mol. The Kier molecular flexibility index (Phi) is 8.79. The maximum atomic E-state index is 13.5. The van der Waals surface area contributed by atoms with E-state index in [0.717, 1.165) is 48.5 Å². The molecule has 254 valence electrons. The van der Waals surface area contributed by atoms with Crippen LogP contribution in [-0.2, 0) is 32.2 Å². The first-order chi connectivity index (χ1) is 23.0. The number of methoxy groups -OCH3 is 1. The highest BCUT2D eigenvalue weighted by molar-refractivity contribution is 7.90. The van der Waals surface area contributed by atoms with Crippen LogP contribution in [0.2, 0.25) is 5.02 Å². The molecule has 0 saturated heterocycles. The van der Waals surface area contributed by atoms with Gasteiger partial charge in [-0.2, -0.15) is 10.2 Å². The van der Waals surface area contributed by atoms with Gasteiger partial charge in [-0.3, -0.25) is 4.79 Å². The lowest BCUT2D eigenvalue weighted by Gasteiger charge is -2.50. The molecule has 2 aliphatic carbocycles. The molecule has 1 saturated carbocycles. The van der Waals surface area contributed by atoms with Gasteiger partial charge in [0.15, 0.2) is 0 Å². The molecule has 1 fully saturated rings. The highest BCUT2D eigenvalue weighted by atomic mass is 35.5. The van der Waals surface area contributed by atoms with Gasteiger partial charge in [0.05, 0.1) is 23.2 Å². The lowest BCUT2D eigenvalue weighted by atomic mass is 9.62. The van der Waals surface area contributed by atoms with Gasteiger partial charge < -0.3 is 14.4 Å². The number of ether oxygens (including phenoxy) is 2. The van der Waals surface area contributed by atoms with Gasteiger partial charge in [-0.15, -0.1) is 0 Å². The first-order valence-corrected chi connectivity index (χ1v) is 18.9. The third-order valence-corrected chi connectivity index (χ3v) is 13.6. The van der Waals surface area contributed by atoms with Crippen LogP contribution in [0.25, 0.3) is 0 Å². The first-order valence-electron chi connectivity index (χ1n) is 16.9. The molecule has 2 aliphatic heterocycles. The highest BCUT2D eigenvalue weighted by Gasteiger charge is 2.51. The van der Waals surface area contributed by atoms with Crippen LogP contribution < -0.4 is 14.4 Å². The van der Waals surface area contributed by atoms with Crippen LogP contribution in [0.4, 0.5) is 5.69 Å². The summed E-state index contributed by atoms with van der Waals surface area (Å²) >= 11 is 6.46. The van der Waals surface area contributed by atoms with Gasteiger partial charge in [-0.25, -0.2) is 13.1 Å². The van der Waals surface area contributed by atoms with Gasteiger partial charge in [0.2, 0.25) is 10.0 Å². The molecule has 0 radical (unpaired) electrons. The van der Waals surface area contributed by atoms with E-state index in [2.05, 4.69) is 38.0 Å². The third-order valence-electron chi connectivity index (χ3n) is 11.4. The molecule has 3 aromatic rings. The number of carbonyl (C=O) groups is 1. The van der Waals surface area contributed by atoms with E-state index in [4.69, 9.17) is 21.1 Å². The van der Waals surface area contributed by atoms with E-state index >= 15 is 0 Å². The van der Waals surface area contributed by atoms with Crippen molar-refractivity contribution in [2.75, 3.05) is 31.7 Å². The number of allylic oxidation sites excluding steroid dienone is 1. The number of nitrogens with one attached hydrogen (secondary N) is 1. The molecule has 0 unspecified atom stereocenters. The van der Waals surface area contributed by atoms with Crippen LogP contribution in [0.15, 0.2) is 66.9 Å². The smallest absolute Gasteiger partial charge is 0.264 e. The Balaban J connectivity index is 1.36. The molecule has 9 nitrogen and oxygen atoms in total. The maximum absolute atomic E-state index is 13.5. The van der Waals surface area contributed by atoms with Gasteiger partial charge in [-0.1, -0.05) is 36.7 Å². The van der Waals surface area contributed by atoms with Crippen molar-refractivity contribution in [2.45, 2.75) is 68.6 Å². The summed E-state index contributed by atoms with van der Waals surface area (Å²) in [7, 11) is -2.25. The van der Waals surface area contributed by atoms with E-state index in [9.17, 15) is 13.2 Å². The Morgan fingerprint density at radius 3 is 2.73 bits per heavy atom. The zero-order valence-electron chi connectivity index (χ0n) is 27.7. The van der Waals surface area contributed by atoms with Crippen LogP contribution >= 0.6 is 11.6 Å². The van der Waals surface area contributed by atoms with Gasteiger partial charge in [0.1, 0.15) is 11.4 Å². The van der Waals surface area contributed by atoms with Crippen molar-refractivity contribution in [1.82, 2.24) is 14.9 Å². The second-order valence-electron chi connectivity index (χ2n) is 14.1. The molecule has 6 atom stereocenters.